The molecule has 0 bridgehead atoms. The summed E-state index contributed by atoms with van der Waals surface area (Å²) in [5.41, 5.74) is 3.71. The summed E-state index contributed by atoms with van der Waals surface area (Å²) >= 11 is 1.20. The third kappa shape index (κ3) is 3.45. The van der Waals surface area contributed by atoms with Gasteiger partial charge in [0.05, 0.1) is 39.9 Å². The number of likely N-dealkylation sites (N-methyl/N-ethyl adjacent to an activating group) is 1. The molecule has 3 heterocycles. The average molecular weight is 466 g/mol. The minimum absolute atomic E-state index is 0.179. The van der Waals surface area contributed by atoms with E-state index >= 15 is 8.78 Å². The van der Waals surface area contributed by atoms with E-state index in [9.17, 15) is 9.59 Å². The van der Waals surface area contributed by atoms with Crippen LogP contribution in [-0.4, -0.2) is 55.2 Å². The molecule has 2 atom stereocenters. The first-order valence-corrected chi connectivity index (χ1v) is 10.4. The number of halogens is 2. The van der Waals surface area contributed by atoms with Crippen molar-refractivity contribution in [1.82, 2.24) is 9.88 Å². The van der Waals surface area contributed by atoms with Crippen molar-refractivity contribution < 1.29 is 28.2 Å². The van der Waals surface area contributed by atoms with Crippen molar-refractivity contribution in [2.45, 2.75) is 12.1 Å². The predicted octanol–water partition coefficient (Wildman–Crippen LogP) is 2.39. The van der Waals surface area contributed by atoms with Gasteiger partial charge in [-0.1, -0.05) is 0 Å². The van der Waals surface area contributed by atoms with Crippen molar-refractivity contribution in [2.24, 2.45) is 0 Å². The van der Waals surface area contributed by atoms with E-state index in [2.05, 4.69) is 10.1 Å². The highest BCUT2D eigenvalue weighted by Crippen LogP contribution is 2.38. The molecular weight excluding hydrogens is 446 g/mol. The van der Waals surface area contributed by atoms with Crippen LogP contribution < -0.4 is 26.1 Å². The van der Waals surface area contributed by atoms with Crippen LogP contribution in [0.4, 0.5) is 25.0 Å². The topological polar surface area (TPSA) is 119 Å². The summed E-state index contributed by atoms with van der Waals surface area (Å²) < 4.78 is 42.5. The Bertz CT molecular complexity index is 1240. The van der Waals surface area contributed by atoms with Crippen molar-refractivity contribution in [3.8, 4) is 10.8 Å². The lowest BCUT2D eigenvalue weighted by Gasteiger charge is -2.23. The molecule has 2 aromatic heterocycles. The van der Waals surface area contributed by atoms with Gasteiger partial charge in [0.2, 0.25) is 5.43 Å². The summed E-state index contributed by atoms with van der Waals surface area (Å²) in [6, 6.07) is 3.14. The second-order valence-corrected chi connectivity index (χ2v) is 8.13. The lowest BCUT2D eigenvalue weighted by molar-refractivity contribution is 0.0996. The molecule has 1 saturated heterocycles. The van der Waals surface area contributed by atoms with Crippen LogP contribution in [0.5, 0.6) is 5.75 Å². The third-order valence-corrected chi connectivity index (χ3v) is 6.37. The van der Waals surface area contributed by atoms with E-state index in [1.54, 1.807) is 24.6 Å². The number of carbonyl (C=O) groups is 1. The molecule has 0 unspecified atom stereocenters. The Morgan fingerprint density at radius 2 is 2.09 bits per heavy atom. The lowest BCUT2D eigenvalue weighted by Crippen LogP contribution is -2.37. The molecule has 0 radical (unpaired) electrons. The molecule has 1 aliphatic heterocycles. The van der Waals surface area contributed by atoms with Crippen LogP contribution in [0.15, 0.2) is 28.5 Å². The number of ether oxygens (including phenoxy) is 2. The number of nitrogens with one attached hydrogen (secondary N) is 1. The Morgan fingerprint density at radius 1 is 1.34 bits per heavy atom. The number of hydrogen-bond acceptors (Lipinski definition) is 8. The van der Waals surface area contributed by atoms with Crippen LogP contribution in [0.1, 0.15) is 0 Å². The highest BCUT2D eigenvalue weighted by atomic mass is 32.1. The van der Waals surface area contributed by atoms with Gasteiger partial charge in [0.25, 0.3) is 0 Å². The number of rotatable bonds is 5. The number of nitrogens with two attached hydrogens (primary N) is 1. The van der Waals surface area contributed by atoms with Crippen molar-refractivity contribution in [1.29, 1.82) is 0 Å². The van der Waals surface area contributed by atoms with E-state index in [0.717, 1.165) is 6.20 Å². The average Bonchev–Trinajstić information content (AvgIpc) is 3.43. The molecule has 4 N–H and O–H groups in total. The number of aromatic nitrogens is 1. The van der Waals surface area contributed by atoms with Crippen LogP contribution in [-0.2, 0) is 4.74 Å². The second-order valence-electron chi connectivity index (χ2n) is 7.20. The molecule has 12 heteroatoms. The lowest BCUT2D eigenvalue weighted by atomic mass is 10.1. The van der Waals surface area contributed by atoms with Gasteiger partial charge < -0.3 is 35.1 Å². The van der Waals surface area contributed by atoms with Gasteiger partial charge in [-0.2, -0.15) is 0 Å². The molecule has 0 spiro atoms. The van der Waals surface area contributed by atoms with Crippen molar-refractivity contribution >= 4 is 39.8 Å². The predicted molar refractivity (Wildman–Crippen MR) is 116 cm³/mol. The number of methoxy groups -OCH3 is 1. The maximum Gasteiger partial charge on any atom is 0.511 e. The molecule has 32 heavy (non-hydrogen) atoms. The Balaban J connectivity index is 2.03. The first kappa shape index (κ1) is 22.0. The molecule has 1 aliphatic rings. The molecule has 170 valence electrons. The molecule has 0 saturated carbocycles. The van der Waals surface area contributed by atoms with E-state index in [0.29, 0.717) is 5.00 Å². The fourth-order valence-electron chi connectivity index (χ4n) is 4.00. The minimum Gasteiger partial charge on any atom is -0.449 e. The molecule has 1 aromatic carbocycles. The summed E-state index contributed by atoms with van der Waals surface area (Å²) in [7, 11) is 3.23. The highest BCUT2D eigenvalue weighted by Gasteiger charge is 2.36. The number of carboxylic acid groups (broad SMARTS) is 1. The minimum atomic E-state index is -1.74. The monoisotopic (exact) mass is 466 g/mol. The Labute approximate surface area is 184 Å². The maximum absolute atomic E-state index is 15.9. The first-order valence-electron chi connectivity index (χ1n) is 9.53. The van der Waals surface area contributed by atoms with E-state index in [4.69, 9.17) is 15.6 Å². The number of nitrogens with zero attached hydrogens (tertiary/aromatic N) is 2. The van der Waals surface area contributed by atoms with Crippen LogP contribution >= 0.6 is 11.3 Å². The van der Waals surface area contributed by atoms with E-state index < -0.39 is 40.0 Å². The number of anilines is 2. The zero-order chi connectivity index (χ0) is 23.2. The molecular formula is C20H20F2N4O5S. The molecule has 1 fully saturated rings. The zero-order valence-electron chi connectivity index (χ0n) is 17.1. The van der Waals surface area contributed by atoms with E-state index in [-0.39, 0.29) is 36.4 Å². The fraction of sp³-hybridized carbons (Fsp3) is 0.300. The summed E-state index contributed by atoms with van der Waals surface area (Å²) in [4.78, 5) is 25.4. The van der Waals surface area contributed by atoms with Gasteiger partial charge in [-0.25, -0.2) is 13.6 Å². The molecule has 3 aromatic rings. The summed E-state index contributed by atoms with van der Waals surface area (Å²) in [6.45, 7) is 0.446. The number of hydrogen-bond donors (Lipinski definition) is 3. The Morgan fingerprint density at radius 3 is 2.66 bits per heavy atom. The van der Waals surface area contributed by atoms with Gasteiger partial charge in [0.15, 0.2) is 17.4 Å². The number of thiophene rings is 1. The molecule has 9 nitrogen and oxygen atoms in total. The Kier molecular flexibility index (Phi) is 5.75. The van der Waals surface area contributed by atoms with Crippen molar-refractivity contribution in [3.05, 3.63) is 45.6 Å². The summed E-state index contributed by atoms with van der Waals surface area (Å²) in [5, 5.41) is 13.7. The summed E-state index contributed by atoms with van der Waals surface area (Å²) in [5.74, 6) is -2.72. The smallest absolute Gasteiger partial charge is 0.449 e. The zero-order valence-corrected chi connectivity index (χ0v) is 17.9. The van der Waals surface area contributed by atoms with Gasteiger partial charge in [-0.05, 0) is 24.6 Å². The number of benzene rings is 1. The van der Waals surface area contributed by atoms with Crippen LogP contribution in [0, 0.1) is 11.6 Å². The quantitative estimate of drug-likeness (QED) is 0.388. The van der Waals surface area contributed by atoms with Crippen LogP contribution in [0.2, 0.25) is 0 Å². The number of nitrogen functional groups attached to an aromatic ring is 1. The van der Waals surface area contributed by atoms with Crippen LogP contribution in [0.25, 0.3) is 15.9 Å². The van der Waals surface area contributed by atoms with E-state index in [1.807, 2.05) is 0 Å². The first-order chi connectivity index (χ1) is 15.3. The Hall–Kier alpha value is -3.22. The maximum atomic E-state index is 15.9. The second kappa shape index (κ2) is 8.37. The third-order valence-electron chi connectivity index (χ3n) is 5.50. The summed E-state index contributed by atoms with van der Waals surface area (Å²) in [6.07, 6.45) is -0.995. The van der Waals surface area contributed by atoms with E-state index in [1.165, 1.54) is 27.9 Å². The molecule has 0 amide bonds. The van der Waals surface area contributed by atoms with Gasteiger partial charge in [-0.3, -0.25) is 4.79 Å². The van der Waals surface area contributed by atoms with Gasteiger partial charge in [0.1, 0.15) is 5.69 Å². The number of pyridine rings is 1. The SMILES string of the molecule is CN[C@H]1CN(c2c(F)c(N)c3c(=O)c(OC(=O)O)cn(-c4cccs4)c3c2F)C[C@H]1OC. The van der Waals surface area contributed by atoms with Gasteiger partial charge in [0, 0.05) is 20.2 Å². The fourth-order valence-corrected chi connectivity index (χ4v) is 4.71. The van der Waals surface area contributed by atoms with Gasteiger partial charge >= 0.3 is 6.16 Å². The molecule has 4 rings (SSSR count). The standard InChI is InChI=1S/C20H20F2N4O5S/c1-24-9-6-25(7-10(9)30-2)18-14(21)16(23)13-17(15(18)22)26(12-4-3-5-32-12)8-11(19(13)27)31-20(28)29/h3-5,8-10,24H,6-7,23H2,1-2H3,(H,28,29)/t9-,10+/m0/s1. The van der Waals surface area contributed by atoms with Crippen molar-refractivity contribution in [3.63, 3.8) is 0 Å². The highest BCUT2D eigenvalue weighted by molar-refractivity contribution is 7.12. The molecule has 0 aliphatic carbocycles. The van der Waals surface area contributed by atoms with Crippen molar-refractivity contribution in [2.75, 3.05) is 37.9 Å². The van der Waals surface area contributed by atoms with Gasteiger partial charge in [-0.15, -0.1) is 11.3 Å². The normalized spacial score (nSPS) is 18.4. The van der Waals surface area contributed by atoms with Crippen LogP contribution in [0.3, 0.4) is 0 Å². The number of fused-ring (bicyclic) bond motifs is 1. The largest absolute Gasteiger partial charge is 0.511 e.